The van der Waals surface area contributed by atoms with Crippen molar-refractivity contribution in [2.45, 2.75) is 51.7 Å². The number of alkyl halides is 3. The van der Waals surface area contributed by atoms with Crippen molar-refractivity contribution in [1.82, 2.24) is 9.88 Å². The molecule has 6 heteroatoms. The molecule has 2 heterocycles. The van der Waals surface area contributed by atoms with E-state index in [0.29, 0.717) is 19.5 Å². The second-order valence-electron chi connectivity index (χ2n) is 7.11. The number of pyridine rings is 1. The Morgan fingerprint density at radius 1 is 1.32 bits per heavy atom. The largest absolute Gasteiger partial charge is 0.401 e. The van der Waals surface area contributed by atoms with Crippen molar-refractivity contribution in [3.63, 3.8) is 0 Å². The molecule has 1 atom stereocenters. The van der Waals surface area contributed by atoms with Gasteiger partial charge in [0.25, 0.3) is 0 Å². The number of rotatable bonds is 3. The molecule has 3 nitrogen and oxygen atoms in total. The molecule has 0 aliphatic carbocycles. The van der Waals surface area contributed by atoms with Crippen molar-refractivity contribution in [1.29, 1.82) is 0 Å². The van der Waals surface area contributed by atoms with Crippen LogP contribution in [-0.2, 0) is 5.41 Å². The molecule has 1 aliphatic heterocycles. The van der Waals surface area contributed by atoms with E-state index in [1.54, 1.807) is 0 Å². The Labute approximate surface area is 129 Å². The van der Waals surface area contributed by atoms with E-state index in [1.165, 1.54) is 10.5 Å². The number of hydrogen-bond acceptors (Lipinski definition) is 3. The van der Waals surface area contributed by atoms with Crippen LogP contribution >= 0.6 is 0 Å². The zero-order chi connectivity index (χ0) is 16.5. The van der Waals surface area contributed by atoms with E-state index in [-0.39, 0.29) is 11.5 Å². The maximum atomic E-state index is 12.4. The van der Waals surface area contributed by atoms with Crippen LogP contribution in [0.25, 0.3) is 0 Å². The predicted molar refractivity (Wildman–Crippen MR) is 82.2 cm³/mol. The van der Waals surface area contributed by atoms with E-state index in [2.05, 4.69) is 31.1 Å². The molecule has 2 rings (SSSR count). The van der Waals surface area contributed by atoms with Gasteiger partial charge in [-0.2, -0.15) is 13.2 Å². The second-order valence-corrected chi connectivity index (χ2v) is 7.11. The van der Waals surface area contributed by atoms with Crippen LogP contribution < -0.4 is 5.32 Å². The smallest absolute Gasteiger partial charge is 0.366 e. The number of nitrogens with zero attached hydrogens (tertiary/aromatic N) is 2. The first-order valence-corrected chi connectivity index (χ1v) is 7.57. The fourth-order valence-corrected chi connectivity index (χ4v) is 2.97. The highest BCUT2D eigenvalue weighted by atomic mass is 19.4. The van der Waals surface area contributed by atoms with Gasteiger partial charge in [-0.25, -0.2) is 4.98 Å². The molecule has 1 unspecified atom stereocenters. The Morgan fingerprint density at radius 3 is 2.59 bits per heavy atom. The molecular weight excluding hydrogens is 291 g/mol. The number of aromatic nitrogens is 1. The van der Waals surface area contributed by atoms with E-state index in [4.69, 9.17) is 0 Å². The SMILES string of the molecule is Cc1cnc(NC2CCN(CC(F)(F)F)C2)cc1C(C)(C)C. The van der Waals surface area contributed by atoms with Crippen molar-refractivity contribution >= 4 is 5.82 Å². The molecule has 0 bridgehead atoms. The molecule has 22 heavy (non-hydrogen) atoms. The van der Waals surface area contributed by atoms with Gasteiger partial charge in [-0.15, -0.1) is 0 Å². The molecular formula is C16H24F3N3. The molecule has 1 N–H and O–H groups in total. The monoisotopic (exact) mass is 315 g/mol. The minimum atomic E-state index is -4.13. The summed E-state index contributed by atoms with van der Waals surface area (Å²) in [6.45, 7) is 8.48. The summed E-state index contributed by atoms with van der Waals surface area (Å²) in [5.74, 6) is 0.745. The van der Waals surface area contributed by atoms with E-state index >= 15 is 0 Å². The topological polar surface area (TPSA) is 28.2 Å². The Bertz CT molecular complexity index is 520. The summed E-state index contributed by atoms with van der Waals surface area (Å²) in [5, 5.41) is 3.28. The van der Waals surface area contributed by atoms with Crippen molar-refractivity contribution in [3.05, 3.63) is 23.4 Å². The highest BCUT2D eigenvalue weighted by Crippen LogP contribution is 2.28. The molecule has 1 aromatic heterocycles. The molecule has 0 spiro atoms. The number of aryl methyl sites for hydroxylation is 1. The number of halogens is 3. The maximum Gasteiger partial charge on any atom is 0.401 e. The zero-order valence-corrected chi connectivity index (χ0v) is 13.6. The Hall–Kier alpha value is -1.30. The normalized spacial score (nSPS) is 20.4. The first kappa shape index (κ1) is 17.1. The number of hydrogen-bond donors (Lipinski definition) is 1. The Morgan fingerprint density at radius 2 is 2.00 bits per heavy atom. The van der Waals surface area contributed by atoms with Crippen LogP contribution in [0, 0.1) is 6.92 Å². The van der Waals surface area contributed by atoms with Gasteiger partial charge in [0.1, 0.15) is 5.82 Å². The van der Waals surface area contributed by atoms with Gasteiger partial charge in [0, 0.05) is 25.3 Å². The van der Waals surface area contributed by atoms with Crippen LogP contribution in [0.1, 0.15) is 38.3 Å². The van der Waals surface area contributed by atoms with Crippen molar-refractivity contribution in [2.75, 3.05) is 25.0 Å². The lowest BCUT2D eigenvalue weighted by molar-refractivity contribution is -0.143. The summed E-state index contributed by atoms with van der Waals surface area (Å²) < 4.78 is 37.2. The van der Waals surface area contributed by atoms with Gasteiger partial charge in [0.05, 0.1) is 6.54 Å². The van der Waals surface area contributed by atoms with E-state index in [0.717, 1.165) is 11.4 Å². The molecule has 1 aliphatic rings. The number of anilines is 1. The molecule has 1 aromatic rings. The van der Waals surface area contributed by atoms with Gasteiger partial charge in [-0.1, -0.05) is 20.8 Å². The van der Waals surface area contributed by atoms with Crippen molar-refractivity contribution < 1.29 is 13.2 Å². The summed E-state index contributed by atoms with van der Waals surface area (Å²) in [6.07, 6.45) is -1.60. The first-order chi connectivity index (χ1) is 10.0. The Balaban J connectivity index is 2.01. The highest BCUT2D eigenvalue weighted by molar-refractivity contribution is 5.44. The molecule has 0 saturated carbocycles. The fraction of sp³-hybridized carbons (Fsp3) is 0.688. The third-order valence-corrected chi connectivity index (χ3v) is 3.94. The zero-order valence-electron chi connectivity index (χ0n) is 13.6. The van der Waals surface area contributed by atoms with Crippen LogP contribution in [0.2, 0.25) is 0 Å². The third-order valence-electron chi connectivity index (χ3n) is 3.94. The van der Waals surface area contributed by atoms with Gasteiger partial charge in [-0.3, -0.25) is 4.90 Å². The van der Waals surface area contributed by atoms with Crippen LogP contribution in [0.3, 0.4) is 0 Å². The molecule has 0 aromatic carbocycles. The standard InChI is InChI=1S/C16H24F3N3/c1-11-8-20-14(7-13(11)15(2,3)4)21-12-5-6-22(9-12)10-16(17,18)19/h7-8,12H,5-6,9-10H2,1-4H3,(H,20,21). The maximum absolute atomic E-state index is 12.4. The average Bonchev–Trinajstić information content (AvgIpc) is 2.75. The number of likely N-dealkylation sites (tertiary alicyclic amines) is 1. The minimum absolute atomic E-state index is 0.0153. The fourth-order valence-electron chi connectivity index (χ4n) is 2.97. The van der Waals surface area contributed by atoms with Gasteiger partial charge in [0.2, 0.25) is 0 Å². The van der Waals surface area contributed by atoms with E-state index in [9.17, 15) is 13.2 Å². The molecule has 1 fully saturated rings. The Kier molecular flexibility index (Phi) is 4.70. The van der Waals surface area contributed by atoms with Gasteiger partial charge >= 0.3 is 6.18 Å². The summed E-state index contributed by atoms with van der Waals surface area (Å²) in [5.41, 5.74) is 2.35. The summed E-state index contributed by atoms with van der Waals surface area (Å²) >= 11 is 0. The predicted octanol–water partition coefficient (Wildman–Crippen LogP) is 3.74. The molecule has 124 valence electrons. The van der Waals surface area contributed by atoms with E-state index in [1.807, 2.05) is 19.2 Å². The lowest BCUT2D eigenvalue weighted by atomic mass is 9.85. The van der Waals surface area contributed by atoms with E-state index < -0.39 is 12.7 Å². The molecule has 0 amide bonds. The molecule has 0 radical (unpaired) electrons. The van der Waals surface area contributed by atoms with Crippen LogP contribution in [0.5, 0.6) is 0 Å². The highest BCUT2D eigenvalue weighted by Gasteiger charge is 2.34. The summed E-state index contributed by atoms with van der Waals surface area (Å²) in [4.78, 5) is 5.80. The quantitative estimate of drug-likeness (QED) is 0.921. The van der Waals surface area contributed by atoms with Crippen LogP contribution in [0.4, 0.5) is 19.0 Å². The van der Waals surface area contributed by atoms with Crippen LogP contribution in [0.15, 0.2) is 12.3 Å². The van der Waals surface area contributed by atoms with Crippen molar-refractivity contribution in [2.24, 2.45) is 0 Å². The van der Waals surface area contributed by atoms with Gasteiger partial charge < -0.3 is 5.32 Å². The van der Waals surface area contributed by atoms with Gasteiger partial charge in [-0.05, 0) is 36.0 Å². The summed E-state index contributed by atoms with van der Waals surface area (Å²) in [7, 11) is 0. The summed E-state index contributed by atoms with van der Waals surface area (Å²) in [6, 6.07) is 2.03. The van der Waals surface area contributed by atoms with Crippen LogP contribution in [-0.4, -0.2) is 41.7 Å². The lowest BCUT2D eigenvalue weighted by Gasteiger charge is -2.23. The third kappa shape index (κ3) is 4.60. The first-order valence-electron chi connectivity index (χ1n) is 7.57. The van der Waals surface area contributed by atoms with Crippen molar-refractivity contribution in [3.8, 4) is 0 Å². The molecule has 1 saturated heterocycles. The second kappa shape index (κ2) is 6.07. The minimum Gasteiger partial charge on any atom is -0.366 e. The number of nitrogens with one attached hydrogen (secondary N) is 1. The lowest BCUT2D eigenvalue weighted by Crippen LogP contribution is -2.34. The van der Waals surface area contributed by atoms with Gasteiger partial charge in [0.15, 0.2) is 0 Å². The average molecular weight is 315 g/mol.